The Morgan fingerprint density at radius 3 is 3.06 bits per heavy atom. The number of likely N-dealkylation sites (tertiary alicyclic amines) is 1. The van der Waals surface area contributed by atoms with Gasteiger partial charge in [0.1, 0.15) is 5.75 Å². The van der Waals surface area contributed by atoms with Gasteiger partial charge in [-0.2, -0.15) is 0 Å². The first-order chi connectivity index (χ1) is 8.15. The minimum Gasteiger partial charge on any atom is -0.484 e. The van der Waals surface area contributed by atoms with Crippen molar-refractivity contribution in [3.63, 3.8) is 0 Å². The molecule has 0 radical (unpaired) electrons. The molecule has 1 saturated heterocycles. The van der Waals surface area contributed by atoms with Gasteiger partial charge in [-0.3, -0.25) is 4.79 Å². The summed E-state index contributed by atoms with van der Waals surface area (Å²) in [4.78, 5) is 14.0. The summed E-state index contributed by atoms with van der Waals surface area (Å²) in [5.41, 5.74) is 0. The minimum atomic E-state index is 0.0203. The van der Waals surface area contributed by atoms with Crippen LogP contribution in [0.4, 0.5) is 0 Å². The van der Waals surface area contributed by atoms with Crippen LogP contribution in [0.2, 0.25) is 5.02 Å². The quantitative estimate of drug-likeness (QED) is 0.802. The normalized spacial score (nSPS) is 19.4. The van der Waals surface area contributed by atoms with E-state index in [1.807, 2.05) is 4.90 Å². The molecule has 0 bridgehead atoms. The molecule has 1 aliphatic heterocycles. The summed E-state index contributed by atoms with van der Waals surface area (Å²) in [5, 5.41) is 0.608. The van der Waals surface area contributed by atoms with Crippen LogP contribution in [0.25, 0.3) is 0 Å². The summed E-state index contributed by atoms with van der Waals surface area (Å²) in [6.45, 7) is 1.63. The van der Waals surface area contributed by atoms with Crippen molar-refractivity contribution < 1.29 is 9.53 Å². The van der Waals surface area contributed by atoms with Crippen molar-refractivity contribution in [3.8, 4) is 5.75 Å². The lowest BCUT2D eigenvalue weighted by molar-refractivity contribution is -0.132. The van der Waals surface area contributed by atoms with Crippen LogP contribution in [0.15, 0.2) is 24.3 Å². The van der Waals surface area contributed by atoms with Gasteiger partial charge < -0.3 is 9.64 Å². The molecule has 2 rings (SSSR count). The Kier molecular flexibility index (Phi) is 4.29. The molecule has 1 unspecified atom stereocenters. The van der Waals surface area contributed by atoms with Crippen LogP contribution in [-0.2, 0) is 4.79 Å². The summed E-state index contributed by atoms with van der Waals surface area (Å²) in [5.74, 6) is 0.646. The van der Waals surface area contributed by atoms with E-state index in [9.17, 15) is 4.79 Å². The SMILES string of the molecule is O=C(COc1cccc(Cl)c1)N1CCC(Br)C1. The molecule has 3 nitrogen and oxygen atoms in total. The highest BCUT2D eigenvalue weighted by Crippen LogP contribution is 2.19. The minimum absolute atomic E-state index is 0.0203. The molecule has 0 aromatic heterocycles. The topological polar surface area (TPSA) is 29.5 Å². The van der Waals surface area contributed by atoms with Crippen LogP contribution in [0.5, 0.6) is 5.75 Å². The molecular formula is C12H13BrClNO2. The fourth-order valence-corrected chi connectivity index (χ4v) is 2.47. The number of ether oxygens (including phenoxy) is 1. The molecular weight excluding hydrogens is 305 g/mol. The Morgan fingerprint density at radius 1 is 1.59 bits per heavy atom. The Balaban J connectivity index is 1.84. The van der Waals surface area contributed by atoms with Crippen LogP contribution in [0, 0.1) is 0 Å². The fourth-order valence-electron chi connectivity index (χ4n) is 1.74. The smallest absolute Gasteiger partial charge is 0.260 e. The Labute approximate surface area is 114 Å². The van der Waals surface area contributed by atoms with Crippen molar-refractivity contribution in [2.45, 2.75) is 11.2 Å². The molecule has 0 saturated carbocycles. The molecule has 0 aliphatic carbocycles. The van der Waals surface area contributed by atoms with Gasteiger partial charge in [0.15, 0.2) is 6.61 Å². The van der Waals surface area contributed by atoms with Gasteiger partial charge in [0.2, 0.25) is 0 Å². The molecule has 17 heavy (non-hydrogen) atoms. The summed E-state index contributed by atoms with van der Waals surface area (Å²) < 4.78 is 5.41. The van der Waals surface area contributed by atoms with Gasteiger partial charge in [-0.15, -0.1) is 0 Å². The highest BCUT2D eigenvalue weighted by molar-refractivity contribution is 9.09. The number of alkyl halides is 1. The van der Waals surface area contributed by atoms with Crippen molar-refractivity contribution in [1.82, 2.24) is 4.90 Å². The number of hydrogen-bond donors (Lipinski definition) is 0. The zero-order valence-electron chi connectivity index (χ0n) is 9.23. The predicted molar refractivity (Wildman–Crippen MR) is 70.9 cm³/mol. The molecule has 0 N–H and O–H groups in total. The lowest BCUT2D eigenvalue weighted by Crippen LogP contribution is -2.33. The largest absolute Gasteiger partial charge is 0.484 e. The number of halogens is 2. The molecule has 1 heterocycles. The second-order valence-corrected chi connectivity index (χ2v) is 5.70. The van der Waals surface area contributed by atoms with Crippen LogP contribution in [0.3, 0.4) is 0 Å². The van der Waals surface area contributed by atoms with E-state index in [0.717, 1.165) is 19.5 Å². The van der Waals surface area contributed by atoms with E-state index in [1.165, 1.54) is 0 Å². The summed E-state index contributed by atoms with van der Waals surface area (Å²) in [6.07, 6.45) is 1.00. The summed E-state index contributed by atoms with van der Waals surface area (Å²) in [6, 6.07) is 7.06. The Hall–Kier alpha value is -0.740. The van der Waals surface area contributed by atoms with Crippen molar-refractivity contribution in [2.24, 2.45) is 0 Å². The number of rotatable bonds is 3. The third-order valence-electron chi connectivity index (χ3n) is 2.64. The van der Waals surface area contributed by atoms with Crippen LogP contribution >= 0.6 is 27.5 Å². The maximum Gasteiger partial charge on any atom is 0.260 e. The number of amides is 1. The van der Waals surface area contributed by atoms with E-state index >= 15 is 0 Å². The van der Waals surface area contributed by atoms with E-state index < -0.39 is 0 Å². The van der Waals surface area contributed by atoms with Gasteiger partial charge >= 0.3 is 0 Å². The monoisotopic (exact) mass is 317 g/mol. The van der Waals surface area contributed by atoms with Crippen molar-refractivity contribution in [2.75, 3.05) is 19.7 Å². The van der Waals surface area contributed by atoms with Gasteiger partial charge in [-0.1, -0.05) is 33.6 Å². The highest BCUT2D eigenvalue weighted by Gasteiger charge is 2.24. The molecule has 1 aromatic rings. The van der Waals surface area contributed by atoms with E-state index in [2.05, 4.69) is 15.9 Å². The van der Waals surface area contributed by atoms with Crippen LogP contribution in [0.1, 0.15) is 6.42 Å². The van der Waals surface area contributed by atoms with Gasteiger partial charge in [0.25, 0.3) is 5.91 Å². The standard InChI is InChI=1S/C12H13BrClNO2/c13-9-4-5-15(7-9)12(16)8-17-11-3-1-2-10(14)6-11/h1-3,6,9H,4-5,7-8H2. The van der Waals surface area contributed by atoms with Crippen LogP contribution < -0.4 is 4.74 Å². The number of carbonyl (C=O) groups excluding carboxylic acids is 1. The average Bonchev–Trinajstić information content (AvgIpc) is 2.73. The van der Waals surface area contributed by atoms with Crippen molar-refractivity contribution >= 4 is 33.4 Å². The maximum absolute atomic E-state index is 11.8. The van der Waals surface area contributed by atoms with Crippen molar-refractivity contribution in [3.05, 3.63) is 29.3 Å². The summed E-state index contributed by atoms with van der Waals surface area (Å²) in [7, 11) is 0. The predicted octanol–water partition coefficient (Wildman–Crippen LogP) is 2.71. The van der Waals surface area contributed by atoms with Gasteiger partial charge in [0, 0.05) is 22.9 Å². The molecule has 5 heteroatoms. The number of benzene rings is 1. The maximum atomic E-state index is 11.8. The highest BCUT2D eigenvalue weighted by atomic mass is 79.9. The second kappa shape index (κ2) is 5.74. The Morgan fingerprint density at radius 2 is 2.41 bits per heavy atom. The molecule has 1 fully saturated rings. The first-order valence-corrected chi connectivity index (χ1v) is 6.75. The average molecular weight is 319 g/mol. The number of carbonyl (C=O) groups is 1. The van der Waals surface area contributed by atoms with E-state index in [0.29, 0.717) is 15.6 Å². The zero-order chi connectivity index (χ0) is 12.3. The molecule has 1 aliphatic rings. The van der Waals surface area contributed by atoms with Gasteiger partial charge in [0.05, 0.1) is 0 Å². The van der Waals surface area contributed by atoms with E-state index in [-0.39, 0.29) is 12.5 Å². The molecule has 92 valence electrons. The van der Waals surface area contributed by atoms with Crippen LogP contribution in [-0.4, -0.2) is 35.3 Å². The first kappa shape index (κ1) is 12.7. The lowest BCUT2D eigenvalue weighted by atomic mass is 10.3. The first-order valence-electron chi connectivity index (χ1n) is 5.45. The molecule has 1 aromatic carbocycles. The van der Waals surface area contributed by atoms with Crippen molar-refractivity contribution in [1.29, 1.82) is 0 Å². The Bertz CT molecular complexity index is 413. The lowest BCUT2D eigenvalue weighted by Gasteiger charge is -2.15. The number of hydrogen-bond acceptors (Lipinski definition) is 2. The third-order valence-corrected chi connectivity index (χ3v) is 3.62. The fraction of sp³-hybridized carbons (Fsp3) is 0.417. The number of nitrogens with zero attached hydrogens (tertiary/aromatic N) is 1. The third kappa shape index (κ3) is 3.61. The molecule has 1 amide bonds. The second-order valence-electron chi connectivity index (χ2n) is 3.97. The van der Waals surface area contributed by atoms with E-state index in [4.69, 9.17) is 16.3 Å². The zero-order valence-corrected chi connectivity index (χ0v) is 11.6. The van der Waals surface area contributed by atoms with E-state index in [1.54, 1.807) is 24.3 Å². The summed E-state index contributed by atoms with van der Waals surface area (Å²) >= 11 is 9.33. The van der Waals surface area contributed by atoms with Gasteiger partial charge in [-0.25, -0.2) is 0 Å². The van der Waals surface area contributed by atoms with Gasteiger partial charge in [-0.05, 0) is 24.6 Å². The molecule has 0 spiro atoms. The molecule has 1 atom stereocenters.